The molecule has 0 radical (unpaired) electrons. The molecule has 208 valence electrons. The largest absolute Gasteiger partial charge is 0.350 e. The van der Waals surface area contributed by atoms with Crippen LogP contribution in [0.15, 0.2) is 36.4 Å². The highest BCUT2D eigenvalue weighted by molar-refractivity contribution is 7.89. The highest BCUT2D eigenvalue weighted by Crippen LogP contribution is 2.55. The van der Waals surface area contributed by atoms with Crippen molar-refractivity contribution in [2.45, 2.75) is 56.5 Å². The molecule has 14 heteroatoms. The molecular weight excluding hydrogens is 543 g/mol. The van der Waals surface area contributed by atoms with Gasteiger partial charge in [-0.3, -0.25) is 0 Å². The standard InChI is InChI=1S/C24H24F7N3O3S/c1-12(21(28)29)32-23(35)34-11-24(5-6-24)20(33-38(36,37)22(30)31)18(34)9-13-3-2-4-17(19(13)27)14-7-15(25)10-16(26)8-14/h2-4,7-8,10,12,18,20-22,33H,5-6,9,11H2,1H3,(H,32,35)/t12-,18+,20-/m1/s1. The van der Waals surface area contributed by atoms with Crippen LogP contribution in [0.2, 0.25) is 0 Å². The number of carbonyl (C=O) groups is 1. The predicted octanol–water partition coefficient (Wildman–Crippen LogP) is 4.65. The SMILES string of the molecule is C[C@@H](NC(=O)N1CC2(CC2)[C@H](NS(=O)(=O)C(F)F)[C@@H]1Cc1cccc(-c2cc(F)cc(F)c2)c1F)C(F)F. The van der Waals surface area contributed by atoms with Gasteiger partial charge >= 0.3 is 11.8 Å². The summed E-state index contributed by atoms with van der Waals surface area (Å²) >= 11 is 0. The van der Waals surface area contributed by atoms with Crippen LogP contribution in [0.1, 0.15) is 25.3 Å². The van der Waals surface area contributed by atoms with E-state index in [1.807, 2.05) is 4.72 Å². The van der Waals surface area contributed by atoms with Gasteiger partial charge < -0.3 is 10.2 Å². The molecule has 2 fully saturated rings. The van der Waals surface area contributed by atoms with Crippen LogP contribution >= 0.6 is 0 Å². The molecule has 2 aromatic carbocycles. The summed E-state index contributed by atoms with van der Waals surface area (Å²) in [6.45, 7) is 0.922. The second kappa shape index (κ2) is 10.4. The fraction of sp³-hybridized carbons (Fsp3) is 0.458. The minimum atomic E-state index is -5.13. The molecule has 1 saturated carbocycles. The molecule has 0 bridgehead atoms. The number of sulfonamides is 1. The Morgan fingerprint density at radius 2 is 1.71 bits per heavy atom. The van der Waals surface area contributed by atoms with E-state index in [1.165, 1.54) is 18.2 Å². The van der Waals surface area contributed by atoms with Gasteiger partial charge in [-0.25, -0.2) is 39.9 Å². The minimum Gasteiger partial charge on any atom is -0.330 e. The van der Waals surface area contributed by atoms with E-state index in [2.05, 4.69) is 5.32 Å². The zero-order valence-electron chi connectivity index (χ0n) is 19.9. The number of hydrogen-bond donors (Lipinski definition) is 2. The maximum absolute atomic E-state index is 15.6. The van der Waals surface area contributed by atoms with E-state index >= 15 is 4.39 Å². The molecule has 1 saturated heterocycles. The van der Waals surface area contributed by atoms with Crippen molar-refractivity contribution in [2.75, 3.05) is 6.54 Å². The molecule has 38 heavy (non-hydrogen) atoms. The molecular formula is C24H24F7N3O3S. The van der Waals surface area contributed by atoms with Gasteiger partial charge in [0.05, 0.1) is 18.1 Å². The first-order chi connectivity index (χ1) is 17.7. The zero-order chi connectivity index (χ0) is 28.0. The van der Waals surface area contributed by atoms with Gasteiger partial charge in [0, 0.05) is 23.6 Å². The average molecular weight is 568 g/mol. The van der Waals surface area contributed by atoms with E-state index in [4.69, 9.17) is 0 Å². The molecule has 1 heterocycles. The molecule has 1 aliphatic carbocycles. The number of urea groups is 1. The molecule has 6 nitrogen and oxygen atoms in total. The third-order valence-corrected chi connectivity index (χ3v) is 8.07. The molecule has 1 spiro atoms. The second-order valence-electron chi connectivity index (χ2n) is 9.67. The van der Waals surface area contributed by atoms with Gasteiger partial charge in [-0.2, -0.15) is 8.78 Å². The van der Waals surface area contributed by atoms with Crippen LogP contribution in [0.25, 0.3) is 11.1 Å². The molecule has 2 N–H and O–H groups in total. The topological polar surface area (TPSA) is 78.5 Å². The van der Waals surface area contributed by atoms with Crippen molar-refractivity contribution < 1.29 is 43.9 Å². The van der Waals surface area contributed by atoms with E-state index in [0.717, 1.165) is 24.0 Å². The van der Waals surface area contributed by atoms with Crippen molar-refractivity contribution in [2.24, 2.45) is 5.41 Å². The summed E-state index contributed by atoms with van der Waals surface area (Å²) in [7, 11) is -5.13. The lowest BCUT2D eigenvalue weighted by Gasteiger charge is -2.30. The van der Waals surface area contributed by atoms with E-state index in [-0.39, 0.29) is 23.2 Å². The smallest absolute Gasteiger partial charge is 0.330 e. The van der Waals surface area contributed by atoms with Crippen molar-refractivity contribution >= 4 is 16.1 Å². The molecule has 4 rings (SSSR count). The number of carbonyl (C=O) groups excluding carboxylic acids is 1. The van der Waals surface area contributed by atoms with Crippen LogP contribution in [-0.2, 0) is 16.4 Å². The number of halogens is 7. The highest BCUT2D eigenvalue weighted by Gasteiger charge is 2.62. The third kappa shape index (κ3) is 5.60. The number of amides is 2. The lowest BCUT2D eigenvalue weighted by molar-refractivity contribution is 0.102. The summed E-state index contributed by atoms with van der Waals surface area (Å²) in [5.74, 6) is -6.60. The third-order valence-electron chi connectivity index (χ3n) is 7.02. The monoisotopic (exact) mass is 567 g/mol. The van der Waals surface area contributed by atoms with Crippen molar-refractivity contribution in [1.29, 1.82) is 0 Å². The maximum Gasteiger partial charge on any atom is 0.350 e. The Kier molecular flexibility index (Phi) is 7.67. The molecule has 2 amide bonds. The van der Waals surface area contributed by atoms with Crippen LogP contribution < -0.4 is 10.0 Å². The first-order valence-electron chi connectivity index (χ1n) is 11.6. The minimum absolute atomic E-state index is 0.101. The number of alkyl halides is 4. The molecule has 1 aliphatic heterocycles. The average Bonchev–Trinajstić information content (AvgIpc) is 3.54. The summed E-state index contributed by atoms with van der Waals surface area (Å²) in [6, 6.07) is 1.30. The van der Waals surface area contributed by atoms with Gasteiger partial charge in [-0.05, 0) is 49.4 Å². The van der Waals surface area contributed by atoms with E-state index in [1.54, 1.807) is 0 Å². The van der Waals surface area contributed by atoms with Gasteiger partial charge in [0.25, 0.3) is 16.4 Å². The van der Waals surface area contributed by atoms with Crippen molar-refractivity contribution in [3.05, 3.63) is 59.4 Å². The number of hydrogen-bond acceptors (Lipinski definition) is 3. The fourth-order valence-electron chi connectivity index (χ4n) is 4.89. The van der Waals surface area contributed by atoms with Crippen molar-refractivity contribution in [1.82, 2.24) is 14.9 Å². The molecule has 3 atom stereocenters. The number of nitrogens with zero attached hydrogens (tertiary/aromatic N) is 1. The van der Waals surface area contributed by atoms with Gasteiger partial charge in [-0.1, -0.05) is 18.2 Å². The summed E-state index contributed by atoms with van der Waals surface area (Å²) in [6.07, 6.45) is -2.59. The quantitative estimate of drug-likeness (QED) is 0.456. The summed E-state index contributed by atoms with van der Waals surface area (Å²) in [5, 5.41) is 2.11. The van der Waals surface area contributed by atoms with Gasteiger partial charge in [0.2, 0.25) is 0 Å². The number of nitrogens with one attached hydrogen (secondary N) is 2. The normalized spacial score (nSPS) is 21.4. The second-order valence-corrected chi connectivity index (χ2v) is 11.4. The number of likely N-dealkylation sites (tertiary alicyclic amines) is 1. The van der Waals surface area contributed by atoms with Crippen molar-refractivity contribution in [3.63, 3.8) is 0 Å². The molecule has 0 unspecified atom stereocenters. The van der Waals surface area contributed by atoms with Gasteiger partial charge in [0.1, 0.15) is 17.5 Å². The van der Waals surface area contributed by atoms with E-state index < -0.39 is 75.7 Å². The molecule has 2 aliphatic rings. The first-order valence-corrected chi connectivity index (χ1v) is 13.2. The zero-order valence-corrected chi connectivity index (χ0v) is 20.7. The van der Waals surface area contributed by atoms with Crippen LogP contribution in [-0.4, -0.2) is 56.2 Å². The van der Waals surface area contributed by atoms with E-state index in [9.17, 15) is 39.6 Å². The number of benzene rings is 2. The molecule has 0 aromatic heterocycles. The Morgan fingerprint density at radius 1 is 1.08 bits per heavy atom. The Bertz CT molecular complexity index is 1300. The molecule has 2 aromatic rings. The van der Waals surface area contributed by atoms with Crippen molar-refractivity contribution in [3.8, 4) is 11.1 Å². The van der Waals surface area contributed by atoms with Gasteiger partial charge in [-0.15, -0.1) is 0 Å². The Hall–Kier alpha value is -2.87. The fourth-order valence-corrected chi connectivity index (χ4v) is 5.75. The summed E-state index contributed by atoms with van der Waals surface area (Å²) in [5.41, 5.74) is -1.34. The van der Waals surface area contributed by atoms with Gasteiger partial charge in [0.15, 0.2) is 0 Å². The van der Waals surface area contributed by atoms with Crippen LogP contribution in [0.5, 0.6) is 0 Å². The summed E-state index contributed by atoms with van der Waals surface area (Å²) in [4.78, 5) is 14.0. The lowest BCUT2D eigenvalue weighted by atomic mass is 9.91. The Balaban J connectivity index is 1.73. The van der Waals surface area contributed by atoms with Crippen LogP contribution in [0.4, 0.5) is 35.5 Å². The number of rotatable bonds is 8. The lowest BCUT2D eigenvalue weighted by Crippen LogP contribution is -2.53. The highest BCUT2D eigenvalue weighted by atomic mass is 32.2. The Labute approximate surface area is 214 Å². The Morgan fingerprint density at radius 3 is 2.26 bits per heavy atom. The summed E-state index contributed by atoms with van der Waals surface area (Å²) < 4.78 is 122. The first kappa shape index (κ1) is 28.1. The van der Waals surface area contributed by atoms with E-state index in [0.29, 0.717) is 18.9 Å². The maximum atomic E-state index is 15.6. The van der Waals surface area contributed by atoms with Crippen LogP contribution in [0.3, 0.4) is 0 Å². The predicted molar refractivity (Wildman–Crippen MR) is 123 cm³/mol. The van der Waals surface area contributed by atoms with Crippen LogP contribution in [0, 0.1) is 22.9 Å².